The summed E-state index contributed by atoms with van der Waals surface area (Å²) in [5.41, 5.74) is 2.52. The van der Waals surface area contributed by atoms with Crippen LogP contribution in [0, 0.1) is 0 Å². The number of rotatable bonds is 14. The van der Waals surface area contributed by atoms with E-state index in [1.165, 1.54) is 33.5 Å². The summed E-state index contributed by atoms with van der Waals surface area (Å²) < 4.78 is 43.9. The number of nitrogens with zero attached hydrogens (tertiary/aromatic N) is 3. The number of pyridine rings is 1. The van der Waals surface area contributed by atoms with Crippen LogP contribution in [0.5, 0.6) is 11.5 Å². The molecule has 2 heterocycles. The molecule has 0 saturated carbocycles. The maximum Gasteiger partial charge on any atom is 0.261 e. The topological polar surface area (TPSA) is 127 Å². The highest BCUT2D eigenvalue weighted by Crippen LogP contribution is 2.22. The third-order valence-corrected chi connectivity index (χ3v) is 9.68. The maximum absolute atomic E-state index is 14.0. The summed E-state index contributed by atoms with van der Waals surface area (Å²) in [6.45, 7) is 1.30. The minimum atomic E-state index is -3.67. The first-order valence-electron chi connectivity index (χ1n) is 15.3. The van der Waals surface area contributed by atoms with E-state index in [2.05, 4.69) is 10.3 Å². The van der Waals surface area contributed by atoms with Gasteiger partial charge in [-0.1, -0.05) is 48.5 Å². The third kappa shape index (κ3) is 9.16. The number of hydrogen-bond acceptors (Lipinski definition) is 8. The molecule has 1 aliphatic heterocycles. The van der Waals surface area contributed by atoms with Crippen LogP contribution < -0.4 is 14.8 Å². The van der Waals surface area contributed by atoms with Crippen molar-refractivity contribution in [1.82, 2.24) is 19.5 Å². The number of hydrogen-bond donors (Lipinski definition) is 1. The predicted molar refractivity (Wildman–Crippen MR) is 175 cm³/mol. The molecule has 1 saturated heterocycles. The van der Waals surface area contributed by atoms with Gasteiger partial charge in [-0.2, -0.15) is 4.31 Å². The van der Waals surface area contributed by atoms with Crippen LogP contribution in [0.1, 0.15) is 16.7 Å². The Labute approximate surface area is 275 Å². The first-order chi connectivity index (χ1) is 22.8. The lowest BCUT2D eigenvalue weighted by atomic mass is 10.0. The van der Waals surface area contributed by atoms with E-state index >= 15 is 0 Å². The minimum Gasteiger partial charge on any atom is -0.497 e. The standard InChI is InChI=1S/C35H38N4O7S/c1-44-30-11-9-28(10-12-30)25-39(33(22-27-6-3-2-4-7-27)35(41)37-24-29-8-5-17-36-23-29)34(40)26-46-31-13-15-32(16-14-31)47(42,43)38-18-20-45-21-19-38/h2-17,23,33H,18-22,24-26H2,1H3,(H,37,41)/t33-/m1/s1. The zero-order chi connectivity index (χ0) is 33.1. The van der Waals surface area contributed by atoms with Crippen LogP contribution in [0.3, 0.4) is 0 Å². The van der Waals surface area contributed by atoms with Gasteiger partial charge in [-0.25, -0.2) is 8.42 Å². The molecule has 0 unspecified atom stereocenters. The van der Waals surface area contributed by atoms with Crippen LogP contribution in [0.25, 0.3) is 0 Å². The molecule has 3 aromatic carbocycles. The molecule has 0 bridgehead atoms. The molecule has 1 atom stereocenters. The van der Waals surface area contributed by atoms with Gasteiger partial charge < -0.3 is 24.4 Å². The summed E-state index contributed by atoms with van der Waals surface area (Å²) in [5.74, 6) is 0.258. The lowest BCUT2D eigenvalue weighted by Crippen LogP contribution is -2.51. The van der Waals surface area contributed by atoms with E-state index in [1.807, 2.05) is 48.5 Å². The van der Waals surface area contributed by atoms with Gasteiger partial charge in [-0.15, -0.1) is 0 Å². The molecular weight excluding hydrogens is 620 g/mol. The van der Waals surface area contributed by atoms with Crippen LogP contribution in [-0.2, 0) is 43.9 Å². The normalized spacial score (nSPS) is 14.1. The highest BCUT2D eigenvalue weighted by atomic mass is 32.2. The fourth-order valence-corrected chi connectivity index (χ4v) is 6.57. The van der Waals surface area contributed by atoms with Crippen molar-refractivity contribution in [3.63, 3.8) is 0 Å². The molecule has 246 valence electrons. The number of nitrogens with one attached hydrogen (secondary N) is 1. The lowest BCUT2D eigenvalue weighted by molar-refractivity contribution is -0.142. The molecular formula is C35H38N4O7S. The Balaban J connectivity index is 1.36. The first kappa shape index (κ1) is 33.6. The molecule has 0 spiro atoms. The molecule has 0 radical (unpaired) electrons. The zero-order valence-electron chi connectivity index (χ0n) is 26.2. The molecule has 11 nitrogen and oxygen atoms in total. The quantitative estimate of drug-likeness (QED) is 0.218. The fraction of sp³-hybridized carbons (Fsp3) is 0.286. The average Bonchev–Trinajstić information content (AvgIpc) is 3.12. The van der Waals surface area contributed by atoms with Crippen LogP contribution in [0.2, 0.25) is 0 Å². The summed E-state index contributed by atoms with van der Waals surface area (Å²) in [6, 6.07) is 25.6. The Morgan fingerprint density at radius 2 is 1.57 bits per heavy atom. The molecule has 1 aromatic heterocycles. The molecule has 5 rings (SSSR count). The summed E-state index contributed by atoms with van der Waals surface area (Å²) in [7, 11) is -2.10. The van der Waals surface area contributed by atoms with Crippen molar-refractivity contribution in [2.45, 2.75) is 30.4 Å². The van der Waals surface area contributed by atoms with E-state index < -0.39 is 22.0 Å². The van der Waals surface area contributed by atoms with E-state index in [1.54, 1.807) is 37.7 Å². The summed E-state index contributed by atoms with van der Waals surface area (Å²) in [6.07, 6.45) is 3.61. The zero-order valence-corrected chi connectivity index (χ0v) is 27.0. The monoisotopic (exact) mass is 658 g/mol. The maximum atomic E-state index is 14.0. The Morgan fingerprint density at radius 3 is 2.23 bits per heavy atom. The van der Waals surface area contributed by atoms with E-state index in [9.17, 15) is 18.0 Å². The number of methoxy groups -OCH3 is 1. The molecule has 47 heavy (non-hydrogen) atoms. The van der Waals surface area contributed by atoms with Crippen molar-refractivity contribution in [2.24, 2.45) is 0 Å². The number of sulfonamides is 1. The molecule has 2 amide bonds. The highest BCUT2D eigenvalue weighted by molar-refractivity contribution is 7.89. The van der Waals surface area contributed by atoms with Crippen molar-refractivity contribution >= 4 is 21.8 Å². The van der Waals surface area contributed by atoms with Crippen molar-refractivity contribution in [1.29, 1.82) is 0 Å². The van der Waals surface area contributed by atoms with Crippen LogP contribution in [0.15, 0.2) is 108 Å². The molecule has 12 heteroatoms. The van der Waals surface area contributed by atoms with Gasteiger partial charge in [-0.05, 0) is 59.2 Å². The first-order valence-corrected chi connectivity index (χ1v) is 16.7. The van der Waals surface area contributed by atoms with Crippen molar-refractivity contribution in [3.05, 3.63) is 120 Å². The van der Waals surface area contributed by atoms with Gasteiger partial charge in [-0.3, -0.25) is 14.6 Å². The van der Waals surface area contributed by atoms with Crippen molar-refractivity contribution in [3.8, 4) is 11.5 Å². The Morgan fingerprint density at radius 1 is 0.894 bits per heavy atom. The fourth-order valence-electron chi connectivity index (χ4n) is 5.16. The average molecular weight is 659 g/mol. The second kappa shape index (κ2) is 16.2. The van der Waals surface area contributed by atoms with Crippen molar-refractivity contribution in [2.75, 3.05) is 40.0 Å². The largest absolute Gasteiger partial charge is 0.497 e. The number of ether oxygens (including phenoxy) is 3. The third-order valence-electron chi connectivity index (χ3n) is 7.77. The van der Waals surface area contributed by atoms with Crippen LogP contribution in [0.4, 0.5) is 0 Å². The number of benzene rings is 3. The summed E-state index contributed by atoms with van der Waals surface area (Å²) in [4.78, 5) is 33.6. The van der Waals surface area contributed by atoms with Gasteiger partial charge >= 0.3 is 0 Å². The minimum absolute atomic E-state index is 0.132. The van der Waals surface area contributed by atoms with E-state index in [0.717, 1.165) is 16.7 Å². The molecule has 4 aromatic rings. The number of carbonyl (C=O) groups excluding carboxylic acids is 2. The SMILES string of the molecule is COc1ccc(CN(C(=O)COc2ccc(S(=O)(=O)N3CCOCC3)cc2)[C@H](Cc2ccccc2)C(=O)NCc2cccnc2)cc1. The second-order valence-electron chi connectivity index (χ2n) is 10.9. The number of aromatic nitrogens is 1. The summed E-state index contributed by atoms with van der Waals surface area (Å²) >= 11 is 0. The molecule has 0 aliphatic carbocycles. The Bertz CT molecular complexity index is 1700. The lowest BCUT2D eigenvalue weighted by Gasteiger charge is -2.31. The number of carbonyl (C=O) groups is 2. The van der Waals surface area contributed by atoms with Crippen molar-refractivity contribution < 1.29 is 32.2 Å². The van der Waals surface area contributed by atoms with Gasteiger partial charge in [0, 0.05) is 45.0 Å². The molecule has 1 N–H and O–H groups in total. The smallest absolute Gasteiger partial charge is 0.261 e. The van der Waals surface area contributed by atoms with Gasteiger partial charge in [0.25, 0.3) is 5.91 Å². The second-order valence-corrected chi connectivity index (χ2v) is 12.9. The van der Waals surface area contributed by atoms with E-state index in [4.69, 9.17) is 14.2 Å². The number of amides is 2. The van der Waals surface area contributed by atoms with Gasteiger partial charge in [0.15, 0.2) is 6.61 Å². The van der Waals surface area contributed by atoms with E-state index in [-0.39, 0.29) is 36.9 Å². The molecule has 1 aliphatic rings. The van der Waals surface area contributed by atoms with Crippen LogP contribution in [-0.4, -0.2) is 80.5 Å². The predicted octanol–water partition coefficient (Wildman–Crippen LogP) is 3.45. The Kier molecular flexibility index (Phi) is 11.6. The van der Waals surface area contributed by atoms with Gasteiger partial charge in [0.2, 0.25) is 15.9 Å². The van der Waals surface area contributed by atoms with Gasteiger partial charge in [0.1, 0.15) is 17.5 Å². The highest BCUT2D eigenvalue weighted by Gasteiger charge is 2.31. The summed E-state index contributed by atoms with van der Waals surface area (Å²) in [5, 5.41) is 2.98. The van der Waals surface area contributed by atoms with Crippen LogP contribution >= 0.6 is 0 Å². The molecule has 1 fully saturated rings. The van der Waals surface area contributed by atoms with Gasteiger partial charge in [0.05, 0.1) is 25.2 Å². The number of morpholine rings is 1. The van der Waals surface area contributed by atoms with E-state index in [0.29, 0.717) is 37.8 Å². The Hall–Kier alpha value is -4.78.